The van der Waals surface area contributed by atoms with Gasteiger partial charge >= 0.3 is 0 Å². The summed E-state index contributed by atoms with van der Waals surface area (Å²) in [6.07, 6.45) is 0. The van der Waals surface area contributed by atoms with E-state index in [9.17, 15) is 8.42 Å². The summed E-state index contributed by atoms with van der Waals surface area (Å²) in [7, 11) is -3.53. The third-order valence-corrected chi connectivity index (χ3v) is 5.56. The molecule has 0 radical (unpaired) electrons. The molecule has 1 aromatic carbocycles. The van der Waals surface area contributed by atoms with Crippen LogP contribution >= 0.6 is 11.3 Å². The van der Waals surface area contributed by atoms with E-state index in [2.05, 4.69) is 4.72 Å². The fourth-order valence-electron chi connectivity index (χ4n) is 1.71. The smallest absolute Gasteiger partial charge is 0.271 e. The monoisotopic (exact) mass is 311 g/mol. The van der Waals surface area contributed by atoms with Gasteiger partial charge in [-0.2, -0.15) is 0 Å². The van der Waals surface area contributed by atoms with Crippen LogP contribution in [0.15, 0.2) is 40.6 Å². The van der Waals surface area contributed by atoms with Crippen molar-refractivity contribution in [3.8, 4) is 0 Å². The number of thiophene rings is 1. The van der Waals surface area contributed by atoms with Gasteiger partial charge in [0, 0.05) is 17.0 Å². The molecule has 0 saturated carbocycles. The topological polar surface area (TPSA) is 55.4 Å². The van der Waals surface area contributed by atoms with Crippen LogP contribution < -0.4 is 4.72 Å². The van der Waals surface area contributed by atoms with Crippen LogP contribution in [-0.2, 0) is 21.4 Å². The quantitative estimate of drug-likeness (QED) is 0.889. The Labute approximate surface area is 123 Å². The van der Waals surface area contributed by atoms with E-state index in [1.807, 2.05) is 26.0 Å². The van der Waals surface area contributed by atoms with E-state index in [-0.39, 0.29) is 0 Å². The maximum Gasteiger partial charge on any atom is 0.271 e. The highest BCUT2D eigenvalue weighted by Gasteiger charge is 2.17. The molecule has 4 nitrogen and oxygen atoms in total. The van der Waals surface area contributed by atoms with Gasteiger partial charge in [0.1, 0.15) is 4.21 Å². The van der Waals surface area contributed by atoms with Crippen molar-refractivity contribution >= 4 is 27.0 Å². The Morgan fingerprint density at radius 2 is 1.95 bits per heavy atom. The maximum atomic E-state index is 12.3. The Hall–Kier alpha value is -1.37. The van der Waals surface area contributed by atoms with Crippen molar-refractivity contribution in [3.05, 3.63) is 46.8 Å². The predicted molar refractivity (Wildman–Crippen MR) is 81.6 cm³/mol. The molecule has 0 amide bonds. The fourth-order valence-corrected chi connectivity index (χ4v) is 4.09. The first-order valence-electron chi connectivity index (χ1n) is 6.28. The minimum atomic E-state index is -3.53. The van der Waals surface area contributed by atoms with Crippen LogP contribution in [0.25, 0.3) is 0 Å². The number of aryl methyl sites for hydroxylation is 1. The molecule has 2 aromatic rings. The molecule has 0 bridgehead atoms. The lowest BCUT2D eigenvalue weighted by atomic mass is 10.2. The standard InChI is InChI=1S/C14H17NO3S2/c1-3-18-10-12-6-4-5-7-13(12)15-20(16,17)14-9-8-11(2)19-14/h4-9,15H,3,10H2,1-2H3. The van der Waals surface area contributed by atoms with Gasteiger partial charge < -0.3 is 4.74 Å². The molecule has 108 valence electrons. The zero-order valence-corrected chi connectivity index (χ0v) is 13.1. The summed E-state index contributed by atoms with van der Waals surface area (Å²) in [5, 5.41) is 0. The van der Waals surface area contributed by atoms with E-state index < -0.39 is 10.0 Å². The van der Waals surface area contributed by atoms with Crippen LogP contribution in [0.3, 0.4) is 0 Å². The molecular weight excluding hydrogens is 294 g/mol. The van der Waals surface area contributed by atoms with Crippen molar-refractivity contribution in [2.24, 2.45) is 0 Å². The molecule has 0 aliphatic rings. The minimum Gasteiger partial charge on any atom is -0.377 e. The van der Waals surface area contributed by atoms with E-state index in [0.717, 1.165) is 10.4 Å². The summed E-state index contributed by atoms with van der Waals surface area (Å²) in [5.74, 6) is 0. The maximum absolute atomic E-state index is 12.3. The Balaban J connectivity index is 2.25. The van der Waals surface area contributed by atoms with Crippen molar-refractivity contribution < 1.29 is 13.2 Å². The molecule has 0 aliphatic carbocycles. The second kappa shape index (κ2) is 6.39. The first-order valence-corrected chi connectivity index (χ1v) is 8.58. The van der Waals surface area contributed by atoms with E-state index in [1.54, 1.807) is 24.3 Å². The van der Waals surface area contributed by atoms with Gasteiger partial charge in [-0.15, -0.1) is 11.3 Å². The van der Waals surface area contributed by atoms with Crippen molar-refractivity contribution in [3.63, 3.8) is 0 Å². The number of hydrogen-bond donors (Lipinski definition) is 1. The van der Waals surface area contributed by atoms with Crippen LogP contribution in [0.4, 0.5) is 5.69 Å². The zero-order chi connectivity index (χ0) is 14.6. The summed E-state index contributed by atoms with van der Waals surface area (Å²) in [5.41, 5.74) is 1.39. The van der Waals surface area contributed by atoms with Crippen LogP contribution in [0.1, 0.15) is 17.4 Å². The molecule has 6 heteroatoms. The summed E-state index contributed by atoms with van der Waals surface area (Å²) < 4.78 is 32.9. The Kier molecular flexibility index (Phi) is 4.80. The van der Waals surface area contributed by atoms with Crippen molar-refractivity contribution in [2.45, 2.75) is 24.7 Å². The highest BCUT2D eigenvalue weighted by Crippen LogP contribution is 2.25. The molecule has 1 N–H and O–H groups in total. The predicted octanol–water partition coefficient (Wildman–Crippen LogP) is 3.39. The van der Waals surface area contributed by atoms with Crippen molar-refractivity contribution in [1.82, 2.24) is 0 Å². The van der Waals surface area contributed by atoms with E-state index >= 15 is 0 Å². The van der Waals surface area contributed by atoms with Gasteiger partial charge in [-0.3, -0.25) is 4.72 Å². The largest absolute Gasteiger partial charge is 0.377 e. The van der Waals surface area contributed by atoms with E-state index in [1.165, 1.54) is 11.3 Å². The first-order chi connectivity index (χ1) is 9.53. The van der Waals surface area contributed by atoms with Gasteiger partial charge in [-0.05, 0) is 32.0 Å². The van der Waals surface area contributed by atoms with Crippen LogP contribution in [-0.4, -0.2) is 15.0 Å². The van der Waals surface area contributed by atoms with Gasteiger partial charge in [0.05, 0.1) is 12.3 Å². The number of para-hydroxylation sites is 1. The third kappa shape index (κ3) is 3.59. The van der Waals surface area contributed by atoms with Crippen LogP contribution in [0.5, 0.6) is 0 Å². The number of sulfonamides is 1. The number of hydrogen-bond acceptors (Lipinski definition) is 4. The Bertz CT molecular complexity index is 677. The van der Waals surface area contributed by atoms with E-state index in [4.69, 9.17) is 4.74 Å². The molecule has 2 rings (SSSR count). The van der Waals surface area contributed by atoms with Crippen molar-refractivity contribution in [2.75, 3.05) is 11.3 Å². The lowest BCUT2D eigenvalue weighted by Crippen LogP contribution is -2.13. The highest BCUT2D eigenvalue weighted by atomic mass is 32.2. The number of ether oxygens (including phenoxy) is 1. The molecule has 0 saturated heterocycles. The second-order valence-corrected chi connectivity index (χ2v) is 7.46. The SMILES string of the molecule is CCOCc1ccccc1NS(=O)(=O)c1ccc(C)s1. The Morgan fingerprint density at radius 1 is 1.20 bits per heavy atom. The van der Waals surface area contributed by atoms with Gasteiger partial charge in [-0.25, -0.2) is 8.42 Å². The third-order valence-electron chi connectivity index (χ3n) is 2.70. The minimum absolute atomic E-state index is 0.321. The number of rotatable bonds is 6. The highest BCUT2D eigenvalue weighted by molar-refractivity contribution is 7.94. The zero-order valence-electron chi connectivity index (χ0n) is 11.4. The summed E-state index contributed by atoms with van der Waals surface area (Å²) in [6.45, 7) is 4.76. The number of benzene rings is 1. The average Bonchev–Trinajstić information content (AvgIpc) is 2.85. The molecule has 1 heterocycles. The summed E-state index contributed by atoms with van der Waals surface area (Å²) in [6, 6.07) is 10.7. The molecule has 0 fully saturated rings. The molecule has 1 aromatic heterocycles. The number of anilines is 1. The Morgan fingerprint density at radius 3 is 2.60 bits per heavy atom. The summed E-state index contributed by atoms with van der Waals surface area (Å²) >= 11 is 1.26. The van der Waals surface area contributed by atoms with Crippen LogP contribution in [0, 0.1) is 6.92 Å². The lowest BCUT2D eigenvalue weighted by Gasteiger charge is -2.11. The molecule has 20 heavy (non-hydrogen) atoms. The summed E-state index contributed by atoms with van der Waals surface area (Å²) in [4.78, 5) is 0.966. The van der Waals surface area contributed by atoms with Crippen LogP contribution in [0.2, 0.25) is 0 Å². The lowest BCUT2D eigenvalue weighted by molar-refractivity contribution is 0.134. The molecule has 0 spiro atoms. The molecule has 0 aliphatic heterocycles. The molecule has 0 unspecified atom stereocenters. The molecular formula is C14H17NO3S2. The first kappa shape index (κ1) is 15.0. The fraction of sp³-hybridized carbons (Fsp3) is 0.286. The van der Waals surface area contributed by atoms with E-state index in [0.29, 0.717) is 23.1 Å². The molecule has 0 atom stereocenters. The van der Waals surface area contributed by atoms with Gasteiger partial charge in [0.2, 0.25) is 0 Å². The second-order valence-electron chi connectivity index (χ2n) is 4.26. The number of nitrogens with one attached hydrogen (secondary N) is 1. The van der Waals surface area contributed by atoms with Gasteiger partial charge in [0.25, 0.3) is 10.0 Å². The normalized spacial score (nSPS) is 11.5. The average molecular weight is 311 g/mol. The van der Waals surface area contributed by atoms with Gasteiger partial charge in [0.15, 0.2) is 0 Å². The van der Waals surface area contributed by atoms with Gasteiger partial charge in [-0.1, -0.05) is 18.2 Å². The van der Waals surface area contributed by atoms with Crippen molar-refractivity contribution in [1.29, 1.82) is 0 Å².